The van der Waals surface area contributed by atoms with Gasteiger partial charge in [0.1, 0.15) is 12.4 Å². The van der Waals surface area contributed by atoms with Crippen molar-refractivity contribution < 1.29 is 19.0 Å². The Labute approximate surface area is 121 Å². The van der Waals surface area contributed by atoms with Crippen LogP contribution in [0, 0.1) is 5.92 Å². The molecular weight excluding hydrogens is 272 g/mol. The Morgan fingerprint density at radius 2 is 2.24 bits per heavy atom. The maximum atomic E-state index is 11.4. The number of aromatic nitrogens is 2. The zero-order chi connectivity index (χ0) is 14.6. The lowest BCUT2D eigenvalue weighted by molar-refractivity contribution is 0.0744. The van der Waals surface area contributed by atoms with E-state index in [0.29, 0.717) is 12.5 Å². The zero-order valence-electron chi connectivity index (χ0n) is 11.9. The molecule has 0 spiro atoms. The number of nitrogens with zero attached hydrogens (tertiary/aromatic N) is 2. The number of fused-ring (bicyclic) bond motifs is 5. The fraction of sp³-hybridized carbons (Fsp3) is 0.467. The Morgan fingerprint density at radius 3 is 3.05 bits per heavy atom. The van der Waals surface area contributed by atoms with Crippen molar-refractivity contribution >= 4 is 17.1 Å². The molecule has 0 saturated carbocycles. The average molecular weight is 288 g/mol. The monoisotopic (exact) mass is 288 g/mol. The van der Waals surface area contributed by atoms with Crippen LogP contribution in [-0.2, 0) is 16.0 Å². The molecule has 2 aliphatic heterocycles. The van der Waals surface area contributed by atoms with E-state index in [9.17, 15) is 4.79 Å². The van der Waals surface area contributed by atoms with Crippen LogP contribution in [0.1, 0.15) is 25.5 Å². The molecule has 0 N–H and O–H groups in total. The minimum absolute atomic E-state index is 0.327. The molecule has 0 radical (unpaired) electrons. The van der Waals surface area contributed by atoms with Crippen LogP contribution in [0.2, 0.25) is 0 Å². The SMILES string of the molecule is CC(C)Cn1ncc2ccc3c(c21)[C@@H]1OC(=O)O[C@@H]1CO3. The molecule has 2 aliphatic rings. The van der Waals surface area contributed by atoms with Gasteiger partial charge in [0.05, 0.1) is 17.3 Å². The summed E-state index contributed by atoms with van der Waals surface area (Å²) in [5.74, 6) is 1.21. The van der Waals surface area contributed by atoms with Gasteiger partial charge in [-0.1, -0.05) is 13.8 Å². The number of carbonyl (C=O) groups is 1. The third kappa shape index (κ3) is 1.86. The van der Waals surface area contributed by atoms with Gasteiger partial charge in [0.15, 0.2) is 12.2 Å². The summed E-state index contributed by atoms with van der Waals surface area (Å²) in [5, 5.41) is 5.47. The highest BCUT2D eigenvalue weighted by molar-refractivity contribution is 5.85. The number of hydrogen-bond donors (Lipinski definition) is 0. The lowest BCUT2D eigenvalue weighted by atomic mass is 9.98. The molecule has 1 saturated heterocycles. The van der Waals surface area contributed by atoms with Crippen molar-refractivity contribution in [2.75, 3.05) is 6.61 Å². The number of rotatable bonds is 2. The summed E-state index contributed by atoms with van der Waals surface area (Å²) >= 11 is 0. The first-order valence-corrected chi connectivity index (χ1v) is 7.12. The van der Waals surface area contributed by atoms with Gasteiger partial charge in [0.2, 0.25) is 0 Å². The summed E-state index contributed by atoms with van der Waals surface area (Å²) in [7, 11) is 0. The first-order chi connectivity index (χ1) is 10.1. The Morgan fingerprint density at radius 1 is 1.38 bits per heavy atom. The maximum absolute atomic E-state index is 11.4. The van der Waals surface area contributed by atoms with E-state index in [4.69, 9.17) is 14.2 Å². The summed E-state index contributed by atoms with van der Waals surface area (Å²) in [5.41, 5.74) is 1.84. The second kappa shape index (κ2) is 4.38. The number of benzene rings is 1. The minimum Gasteiger partial charge on any atom is -0.489 e. The van der Waals surface area contributed by atoms with Crippen LogP contribution in [-0.4, -0.2) is 28.6 Å². The molecule has 6 heteroatoms. The highest BCUT2D eigenvalue weighted by atomic mass is 16.8. The van der Waals surface area contributed by atoms with E-state index in [1.807, 2.05) is 23.0 Å². The molecule has 2 aromatic rings. The number of ether oxygens (including phenoxy) is 3. The first kappa shape index (κ1) is 12.5. The molecule has 3 heterocycles. The topological polar surface area (TPSA) is 62.6 Å². The number of hydrogen-bond acceptors (Lipinski definition) is 5. The minimum atomic E-state index is -0.631. The van der Waals surface area contributed by atoms with Gasteiger partial charge in [0.25, 0.3) is 0 Å². The molecule has 0 amide bonds. The summed E-state index contributed by atoms with van der Waals surface area (Å²) < 4.78 is 18.2. The molecule has 1 aromatic carbocycles. The molecule has 4 rings (SSSR count). The van der Waals surface area contributed by atoms with Gasteiger partial charge in [-0.25, -0.2) is 4.79 Å². The van der Waals surface area contributed by atoms with Gasteiger partial charge in [0, 0.05) is 11.9 Å². The van der Waals surface area contributed by atoms with Crippen molar-refractivity contribution in [2.45, 2.75) is 32.6 Å². The van der Waals surface area contributed by atoms with Crippen LogP contribution in [0.3, 0.4) is 0 Å². The summed E-state index contributed by atoms with van der Waals surface area (Å²) in [6, 6.07) is 3.89. The fourth-order valence-corrected chi connectivity index (χ4v) is 3.00. The van der Waals surface area contributed by atoms with Crippen molar-refractivity contribution in [3.05, 3.63) is 23.9 Å². The first-order valence-electron chi connectivity index (χ1n) is 7.12. The van der Waals surface area contributed by atoms with Gasteiger partial charge in [-0.15, -0.1) is 0 Å². The van der Waals surface area contributed by atoms with E-state index in [0.717, 1.165) is 28.8 Å². The number of carbonyl (C=O) groups excluding carboxylic acids is 1. The second-order valence-electron chi connectivity index (χ2n) is 5.89. The van der Waals surface area contributed by atoms with Gasteiger partial charge in [-0.05, 0) is 18.1 Å². The van der Waals surface area contributed by atoms with E-state index < -0.39 is 12.3 Å². The Hall–Kier alpha value is -2.24. The van der Waals surface area contributed by atoms with Gasteiger partial charge >= 0.3 is 6.16 Å². The van der Waals surface area contributed by atoms with E-state index in [2.05, 4.69) is 18.9 Å². The largest absolute Gasteiger partial charge is 0.509 e. The summed E-state index contributed by atoms with van der Waals surface area (Å²) in [4.78, 5) is 11.4. The standard InChI is InChI=1S/C15H16N2O4/c1-8(2)6-17-13-9(5-16-17)3-4-10-12(13)14-11(7-19-10)20-15(18)21-14/h3-5,8,11,14H,6-7H2,1-2H3/t11-,14-/m1/s1. The predicted octanol–water partition coefficient (Wildman–Crippen LogP) is 2.66. The van der Waals surface area contributed by atoms with Crippen molar-refractivity contribution in [3.63, 3.8) is 0 Å². The van der Waals surface area contributed by atoms with Crippen molar-refractivity contribution in [2.24, 2.45) is 5.92 Å². The van der Waals surface area contributed by atoms with Crippen LogP contribution in [0.25, 0.3) is 10.9 Å². The molecule has 2 atom stereocenters. The van der Waals surface area contributed by atoms with E-state index >= 15 is 0 Å². The summed E-state index contributed by atoms with van der Waals surface area (Å²) in [6.07, 6.45) is 0.415. The third-order valence-electron chi connectivity index (χ3n) is 3.84. The molecule has 1 fully saturated rings. The van der Waals surface area contributed by atoms with E-state index in [1.165, 1.54) is 0 Å². The van der Waals surface area contributed by atoms with Gasteiger partial charge in [-0.3, -0.25) is 4.68 Å². The zero-order valence-corrected chi connectivity index (χ0v) is 11.9. The Balaban J connectivity index is 1.92. The lowest BCUT2D eigenvalue weighted by Crippen LogP contribution is -2.29. The van der Waals surface area contributed by atoms with Crippen LogP contribution in [0.15, 0.2) is 18.3 Å². The molecule has 0 aliphatic carbocycles. The smallest absolute Gasteiger partial charge is 0.489 e. The lowest BCUT2D eigenvalue weighted by Gasteiger charge is -2.26. The highest BCUT2D eigenvalue weighted by Gasteiger charge is 2.44. The molecule has 0 bridgehead atoms. The average Bonchev–Trinajstić information content (AvgIpc) is 3.00. The molecular formula is C15H16N2O4. The van der Waals surface area contributed by atoms with Crippen LogP contribution in [0.4, 0.5) is 4.79 Å². The normalized spacial score (nSPS) is 23.5. The quantitative estimate of drug-likeness (QED) is 0.795. The maximum Gasteiger partial charge on any atom is 0.509 e. The Bertz CT molecular complexity index is 722. The second-order valence-corrected chi connectivity index (χ2v) is 5.89. The van der Waals surface area contributed by atoms with Crippen molar-refractivity contribution in [1.29, 1.82) is 0 Å². The van der Waals surface area contributed by atoms with E-state index in [1.54, 1.807) is 0 Å². The van der Waals surface area contributed by atoms with E-state index in [-0.39, 0.29) is 6.10 Å². The fourth-order valence-electron chi connectivity index (χ4n) is 3.00. The molecule has 1 aromatic heterocycles. The third-order valence-corrected chi connectivity index (χ3v) is 3.84. The van der Waals surface area contributed by atoms with Crippen LogP contribution < -0.4 is 4.74 Å². The summed E-state index contributed by atoms with van der Waals surface area (Å²) in [6.45, 7) is 5.40. The molecule has 110 valence electrons. The Kier molecular flexibility index (Phi) is 2.60. The van der Waals surface area contributed by atoms with Gasteiger partial charge < -0.3 is 14.2 Å². The molecule has 0 unspecified atom stereocenters. The van der Waals surface area contributed by atoms with Crippen molar-refractivity contribution in [1.82, 2.24) is 9.78 Å². The highest BCUT2D eigenvalue weighted by Crippen LogP contribution is 2.43. The molecule has 21 heavy (non-hydrogen) atoms. The van der Waals surface area contributed by atoms with Crippen LogP contribution >= 0.6 is 0 Å². The van der Waals surface area contributed by atoms with Gasteiger partial charge in [-0.2, -0.15) is 5.10 Å². The predicted molar refractivity (Wildman–Crippen MR) is 74.2 cm³/mol. The molecule has 6 nitrogen and oxygen atoms in total. The van der Waals surface area contributed by atoms with Crippen molar-refractivity contribution in [3.8, 4) is 5.75 Å². The van der Waals surface area contributed by atoms with Crippen LogP contribution in [0.5, 0.6) is 5.75 Å².